The van der Waals surface area contributed by atoms with Crippen LogP contribution in [0.3, 0.4) is 0 Å². The molecule has 6 nitrogen and oxygen atoms in total. The predicted molar refractivity (Wildman–Crippen MR) is 95.5 cm³/mol. The van der Waals surface area contributed by atoms with Crippen molar-refractivity contribution in [2.24, 2.45) is 0 Å². The SMILES string of the molecule is O=C(c1cc(-c2ccco2)on1)N(C1CCCCC1)[C@H]1CCCC[C@@H]1O. The number of carbonyl (C=O) groups is 1. The number of amides is 1. The standard InChI is InChI=1S/C20H26N2O4/c23-17-10-5-4-9-16(17)22(14-7-2-1-3-8-14)20(24)15-13-19(26-21-15)18-11-6-12-25-18/h6,11-14,16-17,23H,1-5,7-10H2/t16-,17-/m0/s1. The average molecular weight is 358 g/mol. The van der Waals surface area contributed by atoms with Crippen molar-refractivity contribution < 1.29 is 18.8 Å². The van der Waals surface area contributed by atoms with Crippen LogP contribution in [0.2, 0.25) is 0 Å². The van der Waals surface area contributed by atoms with Gasteiger partial charge in [0.15, 0.2) is 11.5 Å². The predicted octanol–water partition coefficient (Wildman–Crippen LogP) is 4.01. The molecule has 0 aromatic carbocycles. The first kappa shape index (κ1) is 17.3. The van der Waals surface area contributed by atoms with E-state index in [4.69, 9.17) is 8.94 Å². The molecule has 1 N–H and O–H groups in total. The molecule has 2 aromatic rings. The molecule has 0 bridgehead atoms. The monoisotopic (exact) mass is 358 g/mol. The van der Waals surface area contributed by atoms with Crippen molar-refractivity contribution in [1.82, 2.24) is 10.1 Å². The van der Waals surface area contributed by atoms with Gasteiger partial charge in [-0.25, -0.2) is 0 Å². The fourth-order valence-corrected chi connectivity index (χ4v) is 4.41. The molecular weight excluding hydrogens is 332 g/mol. The molecule has 0 aliphatic heterocycles. The number of nitrogens with zero attached hydrogens (tertiary/aromatic N) is 2. The highest BCUT2D eigenvalue weighted by molar-refractivity contribution is 5.93. The van der Waals surface area contributed by atoms with Gasteiger partial charge in [0.2, 0.25) is 5.76 Å². The van der Waals surface area contributed by atoms with Crippen LogP contribution in [0, 0.1) is 0 Å². The minimum absolute atomic E-state index is 0.122. The maximum atomic E-state index is 13.3. The van der Waals surface area contributed by atoms with Crippen molar-refractivity contribution in [2.75, 3.05) is 0 Å². The number of carbonyl (C=O) groups excluding carboxylic acids is 1. The number of hydrogen-bond donors (Lipinski definition) is 1. The quantitative estimate of drug-likeness (QED) is 0.893. The van der Waals surface area contributed by atoms with Crippen LogP contribution in [0.4, 0.5) is 0 Å². The van der Waals surface area contributed by atoms with Crippen LogP contribution in [0.5, 0.6) is 0 Å². The lowest BCUT2D eigenvalue weighted by Gasteiger charge is -2.43. The Hall–Kier alpha value is -2.08. The van der Waals surface area contributed by atoms with E-state index in [-0.39, 0.29) is 18.0 Å². The summed E-state index contributed by atoms with van der Waals surface area (Å²) in [7, 11) is 0. The van der Waals surface area contributed by atoms with E-state index in [1.807, 2.05) is 4.90 Å². The second kappa shape index (κ2) is 7.66. The van der Waals surface area contributed by atoms with Gasteiger partial charge in [-0.2, -0.15) is 0 Å². The Kier molecular flexibility index (Phi) is 5.11. The second-order valence-electron chi connectivity index (χ2n) is 7.48. The Balaban J connectivity index is 1.61. The molecule has 0 unspecified atom stereocenters. The first-order chi connectivity index (χ1) is 12.7. The molecule has 2 aliphatic rings. The van der Waals surface area contributed by atoms with Gasteiger partial charge in [-0.3, -0.25) is 4.79 Å². The molecule has 2 fully saturated rings. The third kappa shape index (κ3) is 3.43. The lowest BCUT2D eigenvalue weighted by Crippen LogP contribution is -2.53. The summed E-state index contributed by atoms with van der Waals surface area (Å²) in [6, 6.07) is 5.25. The molecular formula is C20H26N2O4. The molecule has 0 spiro atoms. The van der Waals surface area contributed by atoms with Gasteiger partial charge in [0.05, 0.1) is 18.4 Å². The summed E-state index contributed by atoms with van der Waals surface area (Å²) < 4.78 is 10.7. The van der Waals surface area contributed by atoms with Gasteiger partial charge in [-0.15, -0.1) is 0 Å². The molecule has 2 aliphatic carbocycles. The summed E-state index contributed by atoms with van der Waals surface area (Å²) in [5.74, 6) is 0.869. The van der Waals surface area contributed by atoms with Crippen LogP contribution in [-0.2, 0) is 0 Å². The lowest BCUT2D eigenvalue weighted by atomic mass is 9.87. The Morgan fingerprint density at radius 2 is 1.85 bits per heavy atom. The number of aliphatic hydroxyl groups excluding tert-OH is 1. The molecule has 1 amide bonds. The number of aliphatic hydroxyl groups is 1. The topological polar surface area (TPSA) is 79.7 Å². The van der Waals surface area contributed by atoms with Gasteiger partial charge in [-0.1, -0.05) is 37.3 Å². The maximum absolute atomic E-state index is 13.3. The van der Waals surface area contributed by atoms with E-state index in [1.165, 1.54) is 6.42 Å². The van der Waals surface area contributed by atoms with E-state index in [9.17, 15) is 9.90 Å². The number of rotatable bonds is 4. The smallest absolute Gasteiger partial charge is 0.276 e. The van der Waals surface area contributed by atoms with E-state index >= 15 is 0 Å². The molecule has 140 valence electrons. The number of aromatic nitrogens is 1. The Bertz CT molecular complexity index is 718. The molecule has 4 rings (SSSR count). The summed E-state index contributed by atoms with van der Waals surface area (Å²) in [6.07, 6.45) is 10.3. The summed E-state index contributed by atoms with van der Waals surface area (Å²) in [6.45, 7) is 0. The lowest BCUT2D eigenvalue weighted by molar-refractivity contribution is -0.00401. The van der Waals surface area contributed by atoms with E-state index in [1.54, 1.807) is 24.5 Å². The van der Waals surface area contributed by atoms with Gasteiger partial charge < -0.3 is 18.9 Å². The second-order valence-corrected chi connectivity index (χ2v) is 7.48. The molecule has 2 saturated carbocycles. The third-order valence-corrected chi connectivity index (χ3v) is 5.75. The first-order valence-corrected chi connectivity index (χ1v) is 9.75. The van der Waals surface area contributed by atoms with E-state index in [0.717, 1.165) is 51.4 Å². The van der Waals surface area contributed by atoms with Crippen molar-refractivity contribution in [3.63, 3.8) is 0 Å². The highest BCUT2D eigenvalue weighted by Crippen LogP contribution is 2.32. The summed E-state index contributed by atoms with van der Waals surface area (Å²) in [5.41, 5.74) is 0.291. The normalized spacial score (nSPS) is 24.5. The molecule has 2 aromatic heterocycles. The van der Waals surface area contributed by atoms with Crippen molar-refractivity contribution in [1.29, 1.82) is 0 Å². The van der Waals surface area contributed by atoms with Crippen LogP contribution < -0.4 is 0 Å². The highest BCUT2D eigenvalue weighted by atomic mass is 16.5. The Morgan fingerprint density at radius 1 is 1.08 bits per heavy atom. The minimum atomic E-state index is -0.453. The molecule has 0 saturated heterocycles. The van der Waals surface area contributed by atoms with Crippen LogP contribution in [0.1, 0.15) is 68.3 Å². The molecule has 0 radical (unpaired) electrons. The molecule has 2 heterocycles. The highest BCUT2D eigenvalue weighted by Gasteiger charge is 2.38. The van der Waals surface area contributed by atoms with E-state index in [0.29, 0.717) is 17.2 Å². The Morgan fingerprint density at radius 3 is 2.58 bits per heavy atom. The summed E-state index contributed by atoms with van der Waals surface area (Å²) in [4.78, 5) is 15.3. The van der Waals surface area contributed by atoms with Crippen molar-refractivity contribution >= 4 is 5.91 Å². The van der Waals surface area contributed by atoms with Crippen LogP contribution >= 0.6 is 0 Å². The van der Waals surface area contributed by atoms with Crippen LogP contribution in [-0.4, -0.2) is 39.3 Å². The molecule has 2 atom stereocenters. The zero-order chi connectivity index (χ0) is 17.9. The van der Waals surface area contributed by atoms with Gasteiger partial charge in [0, 0.05) is 12.1 Å². The minimum Gasteiger partial charge on any atom is -0.461 e. The number of hydrogen-bond acceptors (Lipinski definition) is 5. The molecule has 26 heavy (non-hydrogen) atoms. The van der Waals surface area contributed by atoms with Gasteiger partial charge in [0.25, 0.3) is 5.91 Å². The van der Waals surface area contributed by atoms with Gasteiger partial charge in [0.1, 0.15) is 0 Å². The first-order valence-electron chi connectivity index (χ1n) is 9.75. The van der Waals surface area contributed by atoms with Crippen molar-refractivity contribution in [3.8, 4) is 11.5 Å². The largest absolute Gasteiger partial charge is 0.461 e. The average Bonchev–Trinajstić information content (AvgIpc) is 3.36. The fraction of sp³-hybridized carbons (Fsp3) is 0.600. The van der Waals surface area contributed by atoms with Gasteiger partial charge >= 0.3 is 0 Å². The van der Waals surface area contributed by atoms with Crippen LogP contribution in [0.15, 0.2) is 33.4 Å². The van der Waals surface area contributed by atoms with Gasteiger partial charge in [-0.05, 0) is 37.8 Å². The third-order valence-electron chi connectivity index (χ3n) is 5.75. The summed E-state index contributed by atoms with van der Waals surface area (Å²) >= 11 is 0. The Labute approximate surface area is 153 Å². The van der Waals surface area contributed by atoms with Crippen molar-refractivity contribution in [2.45, 2.75) is 76.0 Å². The molecule has 6 heteroatoms. The van der Waals surface area contributed by atoms with E-state index in [2.05, 4.69) is 5.16 Å². The maximum Gasteiger partial charge on any atom is 0.276 e. The fourth-order valence-electron chi connectivity index (χ4n) is 4.41. The van der Waals surface area contributed by atoms with Crippen molar-refractivity contribution in [3.05, 3.63) is 30.2 Å². The number of furan rings is 1. The van der Waals surface area contributed by atoms with E-state index < -0.39 is 6.10 Å². The summed E-state index contributed by atoms with van der Waals surface area (Å²) in [5, 5.41) is 14.6. The zero-order valence-electron chi connectivity index (χ0n) is 15.0. The van der Waals surface area contributed by atoms with Crippen LogP contribution in [0.25, 0.3) is 11.5 Å². The zero-order valence-corrected chi connectivity index (χ0v) is 15.0.